The number of carbonyl (C=O) groups excluding carboxylic acids is 1. The van der Waals surface area contributed by atoms with Crippen LogP contribution < -0.4 is 0 Å². The van der Waals surface area contributed by atoms with Crippen LogP contribution in [0.5, 0.6) is 0 Å². The minimum Gasteiger partial charge on any atom is -0.346 e. The normalized spacial score (nSPS) is 25.0. The third-order valence-corrected chi connectivity index (χ3v) is 3.20. The molecule has 2 aliphatic rings. The summed E-state index contributed by atoms with van der Waals surface area (Å²) >= 11 is 0. The molecule has 1 fully saturated rings. The Balaban J connectivity index is 2.14. The molecule has 0 aromatic carbocycles. The second-order valence-electron chi connectivity index (χ2n) is 4.07. The summed E-state index contributed by atoms with van der Waals surface area (Å²) in [6, 6.07) is 0. The van der Waals surface area contributed by atoms with Crippen molar-refractivity contribution in [3.8, 4) is 0 Å². The molecule has 0 spiro atoms. The number of carbonyl (C=O) groups is 1. The number of hydrogen-bond acceptors (Lipinski definition) is 3. The lowest BCUT2D eigenvalue weighted by Crippen LogP contribution is -2.49. The zero-order valence-corrected chi connectivity index (χ0v) is 8.35. The Morgan fingerprint density at radius 2 is 2.07 bits per heavy atom. The predicted molar refractivity (Wildman–Crippen MR) is 56.2 cm³/mol. The first kappa shape index (κ1) is 9.44. The van der Waals surface area contributed by atoms with Crippen LogP contribution in [0.2, 0.25) is 0 Å². The molecule has 1 heterocycles. The SMILES string of the molecule is O=CC1(N2C=CC=NC2)CCCCC1. The average Bonchev–Trinajstić information content (AvgIpc) is 2.31. The fraction of sp³-hybridized carbons (Fsp3) is 0.636. The lowest BCUT2D eigenvalue weighted by atomic mass is 9.81. The Labute approximate surface area is 84.5 Å². The molecule has 76 valence electrons. The lowest BCUT2D eigenvalue weighted by Gasteiger charge is -2.41. The number of nitrogens with zero attached hydrogens (tertiary/aromatic N) is 2. The van der Waals surface area contributed by atoms with Crippen LogP contribution in [0, 0.1) is 0 Å². The lowest BCUT2D eigenvalue weighted by molar-refractivity contribution is -0.119. The highest BCUT2D eigenvalue weighted by atomic mass is 16.1. The van der Waals surface area contributed by atoms with E-state index in [-0.39, 0.29) is 5.54 Å². The molecular formula is C11H16N2O. The van der Waals surface area contributed by atoms with Crippen molar-refractivity contribution in [3.63, 3.8) is 0 Å². The standard InChI is InChI=1S/C11H16N2O/c14-9-11(5-2-1-3-6-11)13-8-4-7-12-10-13/h4,7-9H,1-3,5-6,10H2. The zero-order valence-electron chi connectivity index (χ0n) is 8.35. The molecule has 0 saturated heterocycles. The van der Waals surface area contributed by atoms with E-state index in [1.807, 2.05) is 12.3 Å². The Kier molecular flexibility index (Phi) is 2.66. The van der Waals surface area contributed by atoms with Gasteiger partial charge in [-0.2, -0.15) is 0 Å². The Hall–Kier alpha value is -1.12. The van der Waals surface area contributed by atoms with Crippen LogP contribution in [0.3, 0.4) is 0 Å². The third-order valence-electron chi connectivity index (χ3n) is 3.20. The van der Waals surface area contributed by atoms with Gasteiger partial charge in [0.1, 0.15) is 13.0 Å². The number of aldehydes is 1. The molecule has 0 N–H and O–H groups in total. The molecule has 2 rings (SSSR count). The smallest absolute Gasteiger partial charge is 0.145 e. The van der Waals surface area contributed by atoms with Crippen molar-refractivity contribution in [1.29, 1.82) is 0 Å². The van der Waals surface area contributed by atoms with Crippen LogP contribution in [-0.2, 0) is 4.79 Å². The predicted octanol–water partition coefficient (Wildman–Crippen LogP) is 1.75. The summed E-state index contributed by atoms with van der Waals surface area (Å²) < 4.78 is 0. The molecule has 14 heavy (non-hydrogen) atoms. The van der Waals surface area contributed by atoms with E-state index in [1.165, 1.54) is 6.42 Å². The average molecular weight is 192 g/mol. The first-order valence-electron chi connectivity index (χ1n) is 5.27. The summed E-state index contributed by atoms with van der Waals surface area (Å²) in [6.07, 6.45) is 12.4. The van der Waals surface area contributed by atoms with Gasteiger partial charge in [-0.05, 0) is 18.9 Å². The van der Waals surface area contributed by atoms with Crippen LogP contribution in [0.4, 0.5) is 0 Å². The Morgan fingerprint density at radius 3 is 2.64 bits per heavy atom. The van der Waals surface area contributed by atoms with Crippen LogP contribution in [0.1, 0.15) is 32.1 Å². The molecule has 0 aromatic rings. The van der Waals surface area contributed by atoms with Gasteiger partial charge in [0.25, 0.3) is 0 Å². The highest BCUT2D eigenvalue weighted by Crippen LogP contribution is 2.32. The number of allylic oxidation sites excluding steroid dienone is 1. The minimum atomic E-state index is -0.257. The quantitative estimate of drug-likeness (QED) is 0.624. The molecule has 1 aliphatic carbocycles. The van der Waals surface area contributed by atoms with Gasteiger partial charge >= 0.3 is 0 Å². The maximum atomic E-state index is 11.3. The summed E-state index contributed by atoms with van der Waals surface area (Å²) in [6.45, 7) is 0.634. The van der Waals surface area contributed by atoms with E-state index in [9.17, 15) is 4.79 Å². The van der Waals surface area contributed by atoms with Crippen molar-refractivity contribution in [1.82, 2.24) is 4.90 Å². The van der Waals surface area contributed by atoms with Crippen molar-refractivity contribution in [3.05, 3.63) is 12.3 Å². The number of hydrogen-bond donors (Lipinski definition) is 0. The van der Waals surface area contributed by atoms with E-state index in [0.717, 1.165) is 32.0 Å². The highest BCUT2D eigenvalue weighted by Gasteiger charge is 2.36. The van der Waals surface area contributed by atoms with Gasteiger partial charge in [-0.25, -0.2) is 0 Å². The molecular weight excluding hydrogens is 176 g/mol. The van der Waals surface area contributed by atoms with Gasteiger partial charge in [0, 0.05) is 12.4 Å². The van der Waals surface area contributed by atoms with E-state index in [1.54, 1.807) is 6.21 Å². The van der Waals surface area contributed by atoms with Gasteiger partial charge in [0.2, 0.25) is 0 Å². The van der Waals surface area contributed by atoms with E-state index >= 15 is 0 Å². The fourth-order valence-electron chi connectivity index (χ4n) is 2.31. The van der Waals surface area contributed by atoms with Crippen molar-refractivity contribution in [2.45, 2.75) is 37.6 Å². The maximum Gasteiger partial charge on any atom is 0.145 e. The molecule has 1 aliphatic heterocycles. The maximum absolute atomic E-state index is 11.3. The van der Waals surface area contributed by atoms with Crippen LogP contribution in [0.25, 0.3) is 0 Å². The van der Waals surface area contributed by atoms with Crippen molar-refractivity contribution in [2.75, 3.05) is 6.67 Å². The van der Waals surface area contributed by atoms with Gasteiger partial charge in [0.15, 0.2) is 0 Å². The Bertz CT molecular complexity index is 264. The van der Waals surface area contributed by atoms with E-state index in [4.69, 9.17) is 0 Å². The van der Waals surface area contributed by atoms with Gasteiger partial charge in [0.05, 0.1) is 5.54 Å². The van der Waals surface area contributed by atoms with E-state index < -0.39 is 0 Å². The summed E-state index contributed by atoms with van der Waals surface area (Å²) in [5.74, 6) is 0. The van der Waals surface area contributed by atoms with E-state index in [2.05, 4.69) is 9.89 Å². The van der Waals surface area contributed by atoms with Gasteiger partial charge in [-0.15, -0.1) is 0 Å². The molecule has 3 heteroatoms. The van der Waals surface area contributed by atoms with Gasteiger partial charge < -0.3 is 9.69 Å². The largest absolute Gasteiger partial charge is 0.346 e. The summed E-state index contributed by atoms with van der Waals surface area (Å²) in [5.41, 5.74) is -0.257. The summed E-state index contributed by atoms with van der Waals surface area (Å²) in [4.78, 5) is 17.5. The van der Waals surface area contributed by atoms with Gasteiger partial charge in [-0.1, -0.05) is 19.3 Å². The molecule has 0 amide bonds. The molecule has 0 aromatic heterocycles. The van der Waals surface area contributed by atoms with Crippen molar-refractivity contribution in [2.24, 2.45) is 4.99 Å². The topological polar surface area (TPSA) is 32.7 Å². The molecule has 0 radical (unpaired) electrons. The molecule has 0 unspecified atom stereocenters. The summed E-state index contributed by atoms with van der Waals surface area (Å²) in [5, 5.41) is 0. The first-order chi connectivity index (χ1) is 6.87. The van der Waals surface area contributed by atoms with Crippen LogP contribution in [0.15, 0.2) is 17.3 Å². The van der Waals surface area contributed by atoms with Crippen molar-refractivity contribution < 1.29 is 4.79 Å². The summed E-state index contributed by atoms with van der Waals surface area (Å²) in [7, 11) is 0. The Morgan fingerprint density at radius 1 is 1.29 bits per heavy atom. The highest BCUT2D eigenvalue weighted by molar-refractivity contribution is 5.72. The molecule has 0 atom stereocenters. The molecule has 0 bridgehead atoms. The van der Waals surface area contributed by atoms with Crippen LogP contribution >= 0.6 is 0 Å². The number of aliphatic imine (C=N–C) groups is 1. The minimum absolute atomic E-state index is 0.257. The van der Waals surface area contributed by atoms with Gasteiger partial charge in [-0.3, -0.25) is 4.99 Å². The third kappa shape index (κ3) is 1.59. The number of rotatable bonds is 2. The molecule has 3 nitrogen and oxygen atoms in total. The molecule has 1 saturated carbocycles. The second kappa shape index (κ2) is 3.95. The first-order valence-corrected chi connectivity index (χ1v) is 5.27. The van der Waals surface area contributed by atoms with Crippen molar-refractivity contribution >= 4 is 12.5 Å². The fourth-order valence-corrected chi connectivity index (χ4v) is 2.31. The zero-order chi connectivity index (χ0) is 9.86. The van der Waals surface area contributed by atoms with E-state index in [0.29, 0.717) is 6.67 Å². The monoisotopic (exact) mass is 192 g/mol. The second-order valence-corrected chi connectivity index (χ2v) is 4.07. The van der Waals surface area contributed by atoms with Crippen LogP contribution in [-0.4, -0.2) is 29.6 Å².